The van der Waals surface area contributed by atoms with Crippen LogP contribution in [-0.2, 0) is 51.3 Å². The molecule has 0 saturated carbocycles. The van der Waals surface area contributed by atoms with Crippen molar-refractivity contribution in [3.05, 3.63) is 118 Å². The zero-order valence-corrected chi connectivity index (χ0v) is 67.2. The lowest BCUT2D eigenvalue weighted by Gasteiger charge is -2.13. The van der Waals surface area contributed by atoms with Gasteiger partial charge in [0, 0.05) is 62.8 Å². The van der Waals surface area contributed by atoms with Crippen molar-refractivity contribution in [3.63, 3.8) is 0 Å². The van der Waals surface area contributed by atoms with Gasteiger partial charge in [0.05, 0.1) is 37.6 Å². The summed E-state index contributed by atoms with van der Waals surface area (Å²) in [6.45, 7) is 10.1. The lowest BCUT2D eigenvalue weighted by atomic mass is 10.1. The van der Waals surface area contributed by atoms with Crippen molar-refractivity contribution in [2.24, 2.45) is 0 Å². The van der Waals surface area contributed by atoms with E-state index < -0.39 is 49.9 Å². The number of hydrogen-bond donors (Lipinski definition) is 0. The molecule has 14 nitrogen and oxygen atoms in total. The molecule has 0 saturated heterocycles. The molecular weight excluding hydrogens is 1330 g/mol. The van der Waals surface area contributed by atoms with Crippen LogP contribution in [0.15, 0.2) is 96.1 Å². The van der Waals surface area contributed by atoms with E-state index in [4.69, 9.17) is 37.9 Å². The molecule has 0 spiro atoms. The van der Waals surface area contributed by atoms with Gasteiger partial charge in [0.25, 0.3) is 0 Å². The highest BCUT2D eigenvalue weighted by Crippen LogP contribution is 2.28. The van der Waals surface area contributed by atoms with Gasteiger partial charge in [-0.2, -0.15) is 0 Å². The molecule has 0 fully saturated rings. The molecule has 0 N–H and O–H groups in total. The van der Waals surface area contributed by atoms with Gasteiger partial charge in [0.1, 0.15) is 62.3 Å². The molecule has 0 aromatic heterocycles. The number of rotatable bonds is 62. The molecule has 4 aromatic rings. The van der Waals surface area contributed by atoms with E-state index in [1.165, 1.54) is 205 Å². The van der Waals surface area contributed by atoms with Crippen molar-refractivity contribution in [2.45, 2.75) is 311 Å². The Bertz CT molecular complexity index is 2850. The third-order valence-electron chi connectivity index (χ3n) is 18.9. The van der Waals surface area contributed by atoms with E-state index >= 15 is 0 Å². The average molecular weight is 1460 g/mol. The zero-order valence-electron chi connectivity index (χ0n) is 67.2. The van der Waals surface area contributed by atoms with Crippen molar-refractivity contribution in [1.29, 1.82) is 0 Å². The zero-order chi connectivity index (χ0) is 76.1. The summed E-state index contributed by atoms with van der Waals surface area (Å²) >= 11 is 0. The minimum absolute atomic E-state index is 0.120. The maximum Gasteiger partial charge on any atom is 0.317 e. The minimum atomic E-state index is -0.862. The standard InChI is InChI=1S/C92H138N2O12/c1-9-13-17-21-25-29-33-37-41-45-61-99-85-65-79(66-86(69-85)100-62-46-42-38-34-30-26-22-18-14-10-2)73-103-89(95)71-91(97)105-75-81(55-49-77-51-57-83(58-52-77)93(5)6)82(56-50-78-53-59-84(60-54-78)94(7)8)76-106-92(98)72-90(96)104-74-80-67-87(101-63-47-43-39-35-31-27-23-19-15-11-3)70-88(68-80)102-64-48-44-40-36-32-28-24-20-16-12-4/h51-54,57-60,65-70H,9-48,61-64,71-76H2,1-8H3/b82-81+. The molecule has 588 valence electrons. The van der Waals surface area contributed by atoms with E-state index in [2.05, 4.69) is 51.4 Å². The fourth-order valence-corrected chi connectivity index (χ4v) is 12.3. The SMILES string of the molecule is CCCCCCCCCCCCOc1cc(COC(=O)CC(=O)OC/C(C#Cc2ccc(N(C)C)cc2)=C(\C#Cc2ccc(N(C)C)cc2)COC(=O)CC(=O)OCc2cc(OCCCCCCCCCCCC)cc(OCCCCCCCCCCCC)c2)cc(OCCCCCCCCCCCC)c1. The molecule has 0 aliphatic rings. The number of hydrogen-bond acceptors (Lipinski definition) is 14. The lowest BCUT2D eigenvalue weighted by Crippen LogP contribution is -2.17. The highest BCUT2D eigenvalue weighted by Gasteiger charge is 2.19. The molecule has 4 rings (SSSR count). The van der Waals surface area contributed by atoms with E-state index in [1.807, 2.05) is 123 Å². The minimum Gasteiger partial charge on any atom is -0.493 e. The number of nitrogens with zero attached hydrogens (tertiary/aromatic N) is 2. The summed E-state index contributed by atoms with van der Waals surface area (Å²) in [5.74, 6) is 11.9. The normalized spacial score (nSPS) is 11.2. The molecule has 0 unspecified atom stereocenters. The number of carbonyl (C=O) groups excluding carboxylic acids is 4. The second-order valence-corrected chi connectivity index (χ2v) is 29.1. The maximum atomic E-state index is 13.7. The Labute approximate surface area is 642 Å². The van der Waals surface area contributed by atoms with Crippen LogP contribution in [0.1, 0.15) is 320 Å². The highest BCUT2D eigenvalue weighted by atomic mass is 16.6. The summed E-state index contributed by atoms with van der Waals surface area (Å²) < 4.78 is 48.2. The van der Waals surface area contributed by atoms with Crippen LogP contribution in [0.3, 0.4) is 0 Å². The lowest BCUT2D eigenvalue weighted by molar-refractivity contribution is -0.156. The van der Waals surface area contributed by atoms with E-state index in [0.717, 1.165) is 62.7 Å². The van der Waals surface area contributed by atoms with Gasteiger partial charge in [-0.1, -0.05) is 283 Å². The number of carbonyl (C=O) groups is 4. The van der Waals surface area contributed by atoms with Gasteiger partial charge in [-0.3, -0.25) is 19.2 Å². The molecule has 14 heteroatoms. The van der Waals surface area contributed by atoms with Crippen LogP contribution >= 0.6 is 0 Å². The third kappa shape index (κ3) is 45.8. The van der Waals surface area contributed by atoms with Crippen LogP contribution in [0.5, 0.6) is 23.0 Å². The first kappa shape index (κ1) is 90.8. The molecular formula is C92H138N2O12. The Kier molecular flexibility index (Phi) is 51.8. The van der Waals surface area contributed by atoms with Crippen molar-refractivity contribution >= 4 is 35.3 Å². The van der Waals surface area contributed by atoms with Crippen molar-refractivity contribution in [2.75, 3.05) is 77.6 Å². The summed E-state index contributed by atoms with van der Waals surface area (Å²) in [5.41, 5.74) is 5.02. The van der Waals surface area contributed by atoms with Gasteiger partial charge in [-0.15, -0.1) is 0 Å². The Morgan fingerprint density at radius 3 is 0.755 bits per heavy atom. The summed E-state index contributed by atoms with van der Waals surface area (Å²) in [7, 11) is 7.80. The molecule has 0 amide bonds. The molecule has 0 radical (unpaired) electrons. The molecule has 0 aliphatic heterocycles. The van der Waals surface area contributed by atoms with Crippen molar-refractivity contribution < 1.29 is 57.1 Å². The van der Waals surface area contributed by atoms with E-state index in [0.29, 0.717) is 71.7 Å². The van der Waals surface area contributed by atoms with Crippen LogP contribution in [-0.4, -0.2) is 91.7 Å². The second-order valence-electron chi connectivity index (χ2n) is 29.1. The Balaban J connectivity index is 1.48. The Hall–Kier alpha value is -7.58. The van der Waals surface area contributed by atoms with Gasteiger partial charge in [-0.05, 0) is 110 Å². The van der Waals surface area contributed by atoms with Gasteiger partial charge in [0.15, 0.2) is 0 Å². The van der Waals surface area contributed by atoms with Crippen molar-refractivity contribution in [3.8, 4) is 46.7 Å². The van der Waals surface area contributed by atoms with Crippen LogP contribution in [0.4, 0.5) is 11.4 Å². The monoisotopic (exact) mass is 1460 g/mol. The molecule has 0 bridgehead atoms. The second kappa shape index (κ2) is 60.4. The van der Waals surface area contributed by atoms with Gasteiger partial charge >= 0.3 is 23.9 Å². The first-order valence-electron chi connectivity index (χ1n) is 41.5. The molecule has 0 aliphatic carbocycles. The van der Waals surface area contributed by atoms with E-state index in [9.17, 15) is 19.2 Å². The Morgan fingerprint density at radius 1 is 0.292 bits per heavy atom. The molecule has 0 atom stereocenters. The smallest absolute Gasteiger partial charge is 0.317 e. The first-order chi connectivity index (χ1) is 51.8. The van der Waals surface area contributed by atoms with Gasteiger partial charge < -0.3 is 47.7 Å². The number of anilines is 2. The van der Waals surface area contributed by atoms with Crippen LogP contribution in [0, 0.1) is 23.7 Å². The highest BCUT2D eigenvalue weighted by molar-refractivity contribution is 5.92. The van der Waals surface area contributed by atoms with Crippen LogP contribution in [0.25, 0.3) is 0 Å². The predicted molar refractivity (Wildman–Crippen MR) is 435 cm³/mol. The summed E-state index contributed by atoms with van der Waals surface area (Å²) in [6.07, 6.45) is 47.7. The number of unbranched alkanes of at least 4 members (excludes halogenated alkanes) is 36. The Morgan fingerprint density at radius 2 is 0.519 bits per heavy atom. The molecule has 106 heavy (non-hydrogen) atoms. The summed E-state index contributed by atoms with van der Waals surface area (Å²) in [4.78, 5) is 58.5. The van der Waals surface area contributed by atoms with Gasteiger partial charge in [-0.25, -0.2) is 0 Å². The first-order valence-corrected chi connectivity index (χ1v) is 41.5. The fourth-order valence-electron chi connectivity index (χ4n) is 12.3. The van der Waals surface area contributed by atoms with Gasteiger partial charge in [0.2, 0.25) is 0 Å². The van der Waals surface area contributed by atoms with Crippen LogP contribution in [0.2, 0.25) is 0 Å². The topological polar surface area (TPSA) is 149 Å². The molecule has 0 heterocycles. The predicted octanol–water partition coefficient (Wildman–Crippen LogP) is 23.1. The van der Waals surface area contributed by atoms with E-state index in [1.54, 1.807) is 0 Å². The van der Waals surface area contributed by atoms with Crippen LogP contribution < -0.4 is 28.7 Å². The average Bonchev–Trinajstić information content (AvgIpc) is 0.863. The van der Waals surface area contributed by atoms with E-state index in [-0.39, 0.29) is 24.4 Å². The maximum absolute atomic E-state index is 13.7. The summed E-state index contributed by atoms with van der Waals surface area (Å²) in [6, 6.07) is 26.4. The largest absolute Gasteiger partial charge is 0.493 e. The fraction of sp³-hybridized carbons (Fsp3) is 0.630. The molecule has 4 aromatic carbocycles. The number of esters is 4. The number of ether oxygens (including phenoxy) is 8. The summed E-state index contributed by atoms with van der Waals surface area (Å²) in [5, 5.41) is 0. The third-order valence-corrected chi connectivity index (χ3v) is 18.9. The quantitative estimate of drug-likeness (QED) is 0.0136. The van der Waals surface area contributed by atoms with Crippen molar-refractivity contribution in [1.82, 2.24) is 0 Å². The number of benzene rings is 4.